The van der Waals surface area contributed by atoms with Crippen LogP contribution in [-0.4, -0.2) is 5.48 Å². The summed E-state index contributed by atoms with van der Waals surface area (Å²) >= 11 is 6.84. The highest BCUT2D eigenvalue weighted by molar-refractivity contribution is 9.10. The Morgan fingerprint density at radius 2 is 0.593 bits per heavy atom. The molecule has 0 radical (unpaired) electrons. The van der Waals surface area contributed by atoms with E-state index in [4.69, 9.17) is 0 Å². The van der Waals surface area contributed by atoms with Crippen molar-refractivity contribution >= 4 is 31.9 Å². The van der Waals surface area contributed by atoms with E-state index in [1.54, 1.807) is 0 Å². The second-order valence-electron chi connectivity index (χ2n) is 5.75. The topological polar surface area (TPSA) is 31.5 Å². The lowest BCUT2D eigenvalue weighted by Crippen LogP contribution is -1.75. The predicted molar refractivity (Wildman–Crippen MR) is 123 cm³/mol. The van der Waals surface area contributed by atoms with Crippen LogP contribution in [0, 0.1) is 0 Å². The molecule has 0 heterocycles. The maximum Gasteiger partial charge on any atom is 0.0175 e. The standard InChI is InChI=1S/2C12H9Br.H2O/c2*13-12-8-6-11(7-9-12)10-4-2-1-3-5-10;/h2*1-9H;1H2. The van der Waals surface area contributed by atoms with E-state index in [-0.39, 0.29) is 5.48 Å². The third-order valence-electron chi connectivity index (χ3n) is 3.90. The van der Waals surface area contributed by atoms with Crippen molar-refractivity contribution < 1.29 is 5.48 Å². The van der Waals surface area contributed by atoms with Crippen molar-refractivity contribution in [2.75, 3.05) is 0 Å². The van der Waals surface area contributed by atoms with Crippen molar-refractivity contribution in [2.24, 2.45) is 0 Å². The first-order valence-corrected chi connectivity index (χ1v) is 9.93. The van der Waals surface area contributed by atoms with E-state index in [0.717, 1.165) is 8.95 Å². The lowest BCUT2D eigenvalue weighted by atomic mass is 10.1. The zero-order valence-corrected chi connectivity index (χ0v) is 17.8. The molecule has 27 heavy (non-hydrogen) atoms. The zero-order chi connectivity index (χ0) is 18.2. The molecular weight excluding hydrogens is 464 g/mol. The molecule has 0 aliphatic rings. The fourth-order valence-electron chi connectivity index (χ4n) is 2.55. The van der Waals surface area contributed by atoms with E-state index in [0.29, 0.717) is 0 Å². The van der Waals surface area contributed by atoms with Crippen LogP contribution in [0.25, 0.3) is 22.3 Å². The molecule has 4 aromatic rings. The van der Waals surface area contributed by atoms with E-state index in [1.807, 2.05) is 12.1 Å². The molecule has 1 nitrogen and oxygen atoms in total. The van der Waals surface area contributed by atoms with Gasteiger partial charge in [-0.1, -0.05) is 117 Å². The van der Waals surface area contributed by atoms with E-state index >= 15 is 0 Å². The summed E-state index contributed by atoms with van der Waals surface area (Å²) in [6, 6.07) is 37.4. The molecular formula is C24H20Br2O. The highest BCUT2D eigenvalue weighted by atomic mass is 79.9. The van der Waals surface area contributed by atoms with Gasteiger partial charge in [-0.3, -0.25) is 0 Å². The van der Waals surface area contributed by atoms with Gasteiger partial charge < -0.3 is 5.48 Å². The lowest BCUT2D eigenvalue weighted by Gasteiger charge is -2.00. The first-order valence-electron chi connectivity index (χ1n) is 8.34. The van der Waals surface area contributed by atoms with Crippen LogP contribution in [-0.2, 0) is 0 Å². The molecule has 3 heteroatoms. The average molecular weight is 484 g/mol. The Balaban J connectivity index is 0.000000187. The Morgan fingerprint density at radius 1 is 0.333 bits per heavy atom. The molecule has 0 fully saturated rings. The van der Waals surface area contributed by atoms with Crippen LogP contribution < -0.4 is 0 Å². The summed E-state index contributed by atoms with van der Waals surface area (Å²) in [7, 11) is 0. The Kier molecular flexibility index (Phi) is 8.46. The highest BCUT2D eigenvalue weighted by Crippen LogP contribution is 2.21. The number of hydrogen-bond donors (Lipinski definition) is 0. The molecule has 0 aliphatic heterocycles. The summed E-state index contributed by atoms with van der Waals surface area (Å²) in [6.07, 6.45) is 0. The molecule has 0 aliphatic carbocycles. The quantitative estimate of drug-likeness (QED) is 0.284. The molecule has 2 N–H and O–H groups in total. The van der Waals surface area contributed by atoms with E-state index in [1.165, 1.54) is 22.3 Å². The van der Waals surface area contributed by atoms with E-state index in [9.17, 15) is 0 Å². The van der Waals surface area contributed by atoms with Crippen LogP contribution in [0.5, 0.6) is 0 Å². The summed E-state index contributed by atoms with van der Waals surface area (Å²) in [5, 5.41) is 0. The summed E-state index contributed by atoms with van der Waals surface area (Å²) in [5.74, 6) is 0. The van der Waals surface area contributed by atoms with Gasteiger partial charge in [-0.25, -0.2) is 0 Å². The Hall–Kier alpha value is -2.20. The van der Waals surface area contributed by atoms with Gasteiger partial charge in [0.25, 0.3) is 0 Å². The van der Waals surface area contributed by atoms with Gasteiger partial charge >= 0.3 is 0 Å². The molecule has 0 saturated heterocycles. The van der Waals surface area contributed by atoms with Crippen LogP contribution in [0.2, 0.25) is 0 Å². The average Bonchev–Trinajstić information content (AvgIpc) is 2.71. The van der Waals surface area contributed by atoms with Crippen molar-refractivity contribution in [3.8, 4) is 22.3 Å². The van der Waals surface area contributed by atoms with Crippen LogP contribution >= 0.6 is 31.9 Å². The zero-order valence-electron chi connectivity index (χ0n) is 14.6. The first kappa shape index (κ1) is 21.1. The molecule has 0 aromatic heterocycles. The molecule has 0 atom stereocenters. The smallest absolute Gasteiger partial charge is 0.0175 e. The van der Waals surface area contributed by atoms with Crippen LogP contribution in [0.1, 0.15) is 0 Å². The molecule has 0 spiro atoms. The van der Waals surface area contributed by atoms with Crippen LogP contribution in [0.4, 0.5) is 0 Å². The molecule has 4 rings (SSSR count). The number of halogens is 2. The van der Waals surface area contributed by atoms with Gasteiger partial charge in [-0.15, -0.1) is 0 Å². The molecule has 136 valence electrons. The van der Waals surface area contributed by atoms with Crippen molar-refractivity contribution in [1.82, 2.24) is 0 Å². The molecule has 0 bridgehead atoms. The van der Waals surface area contributed by atoms with Crippen LogP contribution in [0.15, 0.2) is 118 Å². The third-order valence-corrected chi connectivity index (χ3v) is 4.96. The number of hydrogen-bond acceptors (Lipinski definition) is 0. The fourth-order valence-corrected chi connectivity index (χ4v) is 3.07. The van der Waals surface area contributed by atoms with E-state index in [2.05, 4.69) is 129 Å². The third kappa shape index (κ3) is 6.47. The molecule has 0 saturated carbocycles. The second-order valence-corrected chi connectivity index (χ2v) is 7.58. The fraction of sp³-hybridized carbons (Fsp3) is 0. The van der Waals surface area contributed by atoms with Crippen LogP contribution in [0.3, 0.4) is 0 Å². The number of benzene rings is 4. The van der Waals surface area contributed by atoms with Gasteiger partial charge in [0, 0.05) is 8.95 Å². The maximum atomic E-state index is 3.42. The van der Waals surface area contributed by atoms with Crippen molar-refractivity contribution in [3.63, 3.8) is 0 Å². The Morgan fingerprint density at radius 3 is 0.889 bits per heavy atom. The normalized spacial score (nSPS) is 9.56. The van der Waals surface area contributed by atoms with Gasteiger partial charge in [0.1, 0.15) is 0 Å². The van der Waals surface area contributed by atoms with Crippen molar-refractivity contribution in [1.29, 1.82) is 0 Å². The summed E-state index contributed by atoms with van der Waals surface area (Å²) < 4.78 is 2.24. The number of rotatable bonds is 2. The van der Waals surface area contributed by atoms with Gasteiger partial charge in [0.15, 0.2) is 0 Å². The van der Waals surface area contributed by atoms with E-state index < -0.39 is 0 Å². The Bertz CT molecular complexity index is 838. The SMILES string of the molecule is Brc1ccc(-c2ccccc2)cc1.Brc1ccc(-c2ccccc2)cc1.O. The van der Waals surface area contributed by atoms with Gasteiger partial charge in [-0.05, 0) is 46.5 Å². The minimum absolute atomic E-state index is 0. The minimum atomic E-state index is 0. The molecule has 0 unspecified atom stereocenters. The summed E-state index contributed by atoms with van der Waals surface area (Å²) in [5.41, 5.74) is 5.03. The monoisotopic (exact) mass is 482 g/mol. The Labute approximate surface area is 177 Å². The largest absolute Gasteiger partial charge is 0.412 e. The predicted octanol–water partition coefficient (Wildman–Crippen LogP) is 7.41. The first-order chi connectivity index (χ1) is 12.7. The summed E-state index contributed by atoms with van der Waals surface area (Å²) in [6.45, 7) is 0. The maximum absolute atomic E-state index is 3.42. The summed E-state index contributed by atoms with van der Waals surface area (Å²) in [4.78, 5) is 0. The lowest BCUT2D eigenvalue weighted by molar-refractivity contribution is 0.824. The van der Waals surface area contributed by atoms with Crippen molar-refractivity contribution in [2.45, 2.75) is 0 Å². The minimum Gasteiger partial charge on any atom is -0.412 e. The van der Waals surface area contributed by atoms with Gasteiger partial charge in [0.05, 0.1) is 0 Å². The van der Waals surface area contributed by atoms with Crippen molar-refractivity contribution in [3.05, 3.63) is 118 Å². The molecule has 4 aromatic carbocycles. The molecule has 0 amide bonds. The second kappa shape index (κ2) is 10.8. The highest BCUT2D eigenvalue weighted by Gasteiger charge is 1.95. The van der Waals surface area contributed by atoms with Gasteiger partial charge in [0.2, 0.25) is 0 Å². The van der Waals surface area contributed by atoms with Gasteiger partial charge in [-0.2, -0.15) is 0 Å².